The third-order valence-corrected chi connectivity index (χ3v) is 3.52. The second kappa shape index (κ2) is 6.38. The molecule has 1 aromatic heterocycles. The summed E-state index contributed by atoms with van der Waals surface area (Å²) in [5.74, 6) is 0. The first kappa shape index (κ1) is 14.3. The van der Waals surface area contributed by atoms with Crippen LogP contribution in [0.1, 0.15) is 18.2 Å². The Morgan fingerprint density at radius 3 is 2.58 bits per heavy atom. The molecule has 4 heteroatoms. The van der Waals surface area contributed by atoms with Crippen LogP contribution in [-0.2, 0) is 6.54 Å². The highest BCUT2D eigenvalue weighted by molar-refractivity contribution is 6.36. The van der Waals surface area contributed by atoms with E-state index in [1.165, 1.54) is 5.56 Å². The smallest absolute Gasteiger partial charge is 0.0720 e. The molecule has 2 rings (SSSR count). The molecule has 0 bridgehead atoms. The van der Waals surface area contributed by atoms with Gasteiger partial charge >= 0.3 is 0 Å². The standard InChI is InChI=1S/C15H16Cl2N2/c1-3-18-9-11-4-7-15(19-10(11)2)13-6-5-12(16)8-14(13)17/h4-8,18H,3,9H2,1-2H3. The number of benzene rings is 1. The lowest BCUT2D eigenvalue weighted by molar-refractivity contribution is 0.720. The van der Waals surface area contributed by atoms with Gasteiger partial charge in [-0.25, -0.2) is 0 Å². The Bertz CT molecular complexity index is 582. The Kier molecular flexibility index (Phi) is 4.81. The summed E-state index contributed by atoms with van der Waals surface area (Å²) < 4.78 is 0. The second-order valence-corrected chi connectivity index (χ2v) is 5.19. The molecule has 0 saturated carbocycles. The van der Waals surface area contributed by atoms with Crippen LogP contribution in [0.2, 0.25) is 10.0 Å². The summed E-state index contributed by atoms with van der Waals surface area (Å²) in [5, 5.41) is 4.56. The number of halogens is 2. The highest BCUT2D eigenvalue weighted by Gasteiger charge is 2.07. The Morgan fingerprint density at radius 2 is 1.95 bits per heavy atom. The SMILES string of the molecule is CCNCc1ccc(-c2ccc(Cl)cc2Cl)nc1C. The molecule has 0 fully saturated rings. The van der Waals surface area contributed by atoms with Crippen molar-refractivity contribution in [2.75, 3.05) is 6.54 Å². The Labute approximate surface area is 123 Å². The van der Waals surface area contributed by atoms with Gasteiger partial charge in [-0.2, -0.15) is 0 Å². The van der Waals surface area contributed by atoms with Crippen LogP contribution in [0.15, 0.2) is 30.3 Å². The second-order valence-electron chi connectivity index (χ2n) is 4.35. The van der Waals surface area contributed by atoms with Crippen LogP contribution < -0.4 is 5.32 Å². The number of nitrogens with one attached hydrogen (secondary N) is 1. The first-order valence-electron chi connectivity index (χ1n) is 6.24. The van der Waals surface area contributed by atoms with Gasteiger partial charge in [0.1, 0.15) is 0 Å². The molecule has 1 aromatic carbocycles. The maximum Gasteiger partial charge on any atom is 0.0720 e. The van der Waals surface area contributed by atoms with Crippen LogP contribution in [0, 0.1) is 6.92 Å². The van der Waals surface area contributed by atoms with E-state index >= 15 is 0 Å². The maximum absolute atomic E-state index is 6.20. The van der Waals surface area contributed by atoms with Crippen molar-refractivity contribution >= 4 is 23.2 Å². The summed E-state index contributed by atoms with van der Waals surface area (Å²) in [6.45, 7) is 5.89. The van der Waals surface area contributed by atoms with E-state index in [0.717, 1.165) is 30.0 Å². The molecule has 0 atom stereocenters. The van der Waals surface area contributed by atoms with Gasteiger partial charge in [-0.15, -0.1) is 0 Å². The molecule has 100 valence electrons. The number of aryl methyl sites for hydroxylation is 1. The zero-order valence-electron chi connectivity index (χ0n) is 11.0. The number of aromatic nitrogens is 1. The van der Waals surface area contributed by atoms with E-state index in [-0.39, 0.29) is 0 Å². The van der Waals surface area contributed by atoms with Gasteiger partial charge in [0.25, 0.3) is 0 Å². The lowest BCUT2D eigenvalue weighted by Crippen LogP contribution is -2.13. The van der Waals surface area contributed by atoms with Gasteiger partial charge in [0.05, 0.1) is 10.7 Å². The van der Waals surface area contributed by atoms with E-state index in [0.29, 0.717) is 10.0 Å². The minimum absolute atomic E-state index is 0.624. The summed E-state index contributed by atoms with van der Waals surface area (Å²) in [5.41, 5.74) is 4.00. The summed E-state index contributed by atoms with van der Waals surface area (Å²) in [6.07, 6.45) is 0. The monoisotopic (exact) mass is 294 g/mol. The molecule has 0 spiro atoms. The van der Waals surface area contributed by atoms with Crippen LogP contribution in [0.25, 0.3) is 11.3 Å². The van der Waals surface area contributed by atoms with E-state index in [4.69, 9.17) is 23.2 Å². The van der Waals surface area contributed by atoms with Crippen LogP contribution in [0.3, 0.4) is 0 Å². The third kappa shape index (κ3) is 3.47. The highest BCUT2D eigenvalue weighted by atomic mass is 35.5. The summed E-state index contributed by atoms with van der Waals surface area (Å²) in [6, 6.07) is 9.55. The molecule has 0 saturated heterocycles. The Morgan fingerprint density at radius 1 is 1.16 bits per heavy atom. The molecule has 1 heterocycles. The molecule has 1 N–H and O–H groups in total. The van der Waals surface area contributed by atoms with Crippen LogP contribution in [0.4, 0.5) is 0 Å². The molecule has 0 aliphatic carbocycles. The number of pyridine rings is 1. The van der Waals surface area contributed by atoms with Crippen LogP contribution >= 0.6 is 23.2 Å². The molecule has 0 aliphatic heterocycles. The largest absolute Gasteiger partial charge is 0.313 e. The van der Waals surface area contributed by atoms with E-state index in [2.05, 4.69) is 23.3 Å². The fourth-order valence-electron chi connectivity index (χ4n) is 1.88. The molecule has 2 nitrogen and oxygen atoms in total. The number of hydrogen-bond acceptors (Lipinski definition) is 2. The average molecular weight is 295 g/mol. The lowest BCUT2D eigenvalue weighted by atomic mass is 10.1. The first-order chi connectivity index (χ1) is 9.11. The van der Waals surface area contributed by atoms with Crippen molar-refractivity contribution in [3.05, 3.63) is 51.6 Å². The minimum atomic E-state index is 0.624. The van der Waals surface area contributed by atoms with E-state index in [1.807, 2.05) is 25.1 Å². The van der Waals surface area contributed by atoms with Crippen LogP contribution in [-0.4, -0.2) is 11.5 Å². The van der Waals surface area contributed by atoms with Gasteiger partial charge in [0.15, 0.2) is 0 Å². The molecule has 0 aliphatic rings. The number of nitrogens with zero attached hydrogens (tertiary/aromatic N) is 1. The molecular formula is C15H16Cl2N2. The van der Waals surface area contributed by atoms with Crippen molar-refractivity contribution in [1.82, 2.24) is 10.3 Å². The Hall–Kier alpha value is -1.09. The Balaban J connectivity index is 2.33. The molecule has 0 radical (unpaired) electrons. The van der Waals surface area contributed by atoms with Crippen molar-refractivity contribution < 1.29 is 0 Å². The van der Waals surface area contributed by atoms with Crippen LogP contribution in [0.5, 0.6) is 0 Å². The summed E-state index contributed by atoms with van der Waals surface area (Å²) in [7, 11) is 0. The zero-order chi connectivity index (χ0) is 13.8. The molecule has 19 heavy (non-hydrogen) atoms. The average Bonchev–Trinajstić information content (AvgIpc) is 2.37. The van der Waals surface area contributed by atoms with Gasteiger partial charge in [-0.3, -0.25) is 4.98 Å². The van der Waals surface area contributed by atoms with Crippen molar-refractivity contribution in [2.24, 2.45) is 0 Å². The quantitative estimate of drug-likeness (QED) is 0.900. The van der Waals surface area contributed by atoms with Gasteiger partial charge in [-0.05, 0) is 43.3 Å². The molecule has 2 aromatic rings. The molecule has 0 unspecified atom stereocenters. The molecular weight excluding hydrogens is 279 g/mol. The summed E-state index contributed by atoms with van der Waals surface area (Å²) >= 11 is 12.1. The van der Waals surface area contributed by atoms with Gasteiger partial charge in [0.2, 0.25) is 0 Å². The number of hydrogen-bond donors (Lipinski definition) is 1. The zero-order valence-corrected chi connectivity index (χ0v) is 12.5. The van der Waals surface area contributed by atoms with Crippen molar-refractivity contribution in [1.29, 1.82) is 0 Å². The first-order valence-corrected chi connectivity index (χ1v) is 7.00. The molecule has 0 amide bonds. The maximum atomic E-state index is 6.20. The topological polar surface area (TPSA) is 24.9 Å². The lowest BCUT2D eigenvalue weighted by Gasteiger charge is -2.09. The fraction of sp³-hybridized carbons (Fsp3) is 0.267. The van der Waals surface area contributed by atoms with E-state index in [1.54, 1.807) is 6.07 Å². The predicted octanol–water partition coefficient (Wildman–Crippen LogP) is 4.47. The highest BCUT2D eigenvalue weighted by Crippen LogP contribution is 2.29. The predicted molar refractivity (Wildman–Crippen MR) is 81.8 cm³/mol. The third-order valence-electron chi connectivity index (χ3n) is 2.97. The van der Waals surface area contributed by atoms with E-state index in [9.17, 15) is 0 Å². The normalized spacial score (nSPS) is 10.7. The van der Waals surface area contributed by atoms with Gasteiger partial charge in [0, 0.05) is 22.8 Å². The van der Waals surface area contributed by atoms with Crippen molar-refractivity contribution in [3.8, 4) is 11.3 Å². The van der Waals surface area contributed by atoms with Gasteiger partial charge < -0.3 is 5.32 Å². The van der Waals surface area contributed by atoms with Gasteiger partial charge in [-0.1, -0.05) is 36.2 Å². The minimum Gasteiger partial charge on any atom is -0.313 e. The number of rotatable bonds is 4. The fourth-order valence-corrected chi connectivity index (χ4v) is 2.39. The van der Waals surface area contributed by atoms with Crippen molar-refractivity contribution in [3.63, 3.8) is 0 Å². The van der Waals surface area contributed by atoms with E-state index < -0.39 is 0 Å². The summed E-state index contributed by atoms with van der Waals surface area (Å²) in [4.78, 5) is 4.62. The van der Waals surface area contributed by atoms with Crippen molar-refractivity contribution in [2.45, 2.75) is 20.4 Å².